The molecule has 8 heteroatoms. The van der Waals surface area contributed by atoms with E-state index in [1.54, 1.807) is 18.2 Å². The molecule has 0 aliphatic carbocycles. The Bertz CT molecular complexity index is 1050. The quantitative estimate of drug-likeness (QED) is 0.435. The number of carbonyl (C=O) groups excluding carboxylic acids is 1. The Morgan fingerprint density at radius 1 is 1.19 bits per heavy atom. The number of aliphatic carboxylic acids is 1. The topological polar surface area (TPSA) is 118 Å². The Balaban J connectivity index is 2.13. The molecule has 0 fully saturated rings. The molecule has 0 spiro atoms. The number of allylic oxidation sites excluding steroid dienone is 1. The SMILES string of the molecule is N/C(C(=O)O)=C(/C=O)c1ccc2ncnc(Nc3cccc(Br)c3)c2c1. The molecule has 3 rings (SSSR count). The van der Waals surface area contributed by atoms with Crippen molar-refractivity contribution in [3.63, 3.8) is 0 Å². The molecular weight excluding hydrogens is 400 g/mol. The largest absolute Gasteiger partial charge is 0.477 e. The third kappa shape index (κ3) is 3.55. The zero-order chi connectivity index (χ0) is 18.7. The van der Waals surface area contributed by atoms with Gasteiger partial charge in [-0.1, -0.05) is 28.1 Å². The monoisotopic (exact) mass is 412 g/mol. The van der Waals surface area contributed by atoms with Crippen molar-refractivity contribution in [3.8, 4) is 0 Å². The van der Waals surface area contributed by atoms with E-state index < -0.39 is 11.7 Å². The second-order valence-corrected chi connectivity index (χ2v) is 6.26. The van der Waals surface area contributed by atoms with Gasteiger partial charge in [0.25, 0.3) is 0 Å². The van der Waals surface area contributed by atoms with Crippen LogP contribution in [0.25, 0.3) is 16.5 Å². The summed E-state index contributed by atoms with van der Waals surface area (Å²) in [5.41, 5.74) is 6.73. The second kappa shape index (κ2) is 7.32. The Morgan fingerprint density at radius 2 is 2.00 bits per heavy atom. The number of carboxylic acids is 1. The summed E-state index contributed by atoms with van der Waals surface area (Å²) in [7, 11) is 0. The molecule has 0 aliphatic heterocycles. The lowest BCUT2D eigenvalue weighted by Gasteiger charge is -2.10. The van der Waals surface area contributed by atoms with Gasteiger partial charge in [-0.25, -0.2) is 14.8 Å². The van der Waals surface area contributed by atoms with Crippen LogP contribution in [0.1, 0.15) is 5.56 Å². The Hall–Kier alpha value is -3.26. The normalized spacial score (nSPS) is 11.7. The van der Waals surface area contributed by atoms with Gasteiger partial charge in [0.1, 0.15) is 17.8 Å². The molecule has 4 N–H and O–H groups in total. The molecule has 26 heavy (non-hydrogen) atoms. The molecule has 2 aromatic carbocycles. The predicted octanol–water partition coefficient (Wildman–Crippen LogP) is 3.09. The molecule has 1 heterocycles. The van der Waals surface area contributed by atoms with Crippen LogP contribution in [-0.2, 0) is 9.59 Å². The van der Waals surface area contributed by atoms with E-state index in [0.29, 0.717) is 28.6 Å². The van der Waals surface area contributed by atoms with Gasteiger partial charge in [0, 0.05) is 15.5 Å². The van der Waals surface area contributed by atoms with Crippen molar-refractivity contribution in [2.75, 3.05) is 5.32 Å². The van der Waals surface area contributed by atoms with E-state index in [9.17, 15) is 9.59 Å². The highest BCUT2D eigenvalue weighted by molar-refractivity contribution is 9.10. The van der Waals surface area contributed by atoms with Gasteiger partial charge in [-0.3, -0.25) is 4.79 Å². The number of hydrogen-bond donors (Lipinski definition) is 3. The minimum Gasteiger partial charge on any atom is -0.477 e. The molecule has 130 valence electrons. The fraction of sp³-hybridized carbons (Fsp3) is 0. The molecule has 0 saturated carbocycles. The van der Waals surface area contributed by atoms with Crippen molar-refractivity contribution >= 4 is 56.2 Å². The lowest BCUT2D eigenvalue weighted by atomic mass is 10.0. The van der Waals surface area contributed by atoms with Gasteiger partial charge in [-0.05, 0) is 35.9 Å². The molecule has 3 aromatic rings. The predicted molar refractivity (Wildman–Crippen MR) is 102 cm³/mol. The van der Waals surface area contributed by atoms with E-state index in [1.165, 1.54) is 6.33 Å². The number of nitrogens with zero attached hydrogens (tertiary/aromatic N) is 2. The minimum absolute atomic E-state index is 0.100. The van der Waals surface area contributed by atoms with E-state index in [0.717, 1.165) is 10.2 Å². The van der Waals surface area contributed by atoms with Crippen molar-refractivity contribution < 1.29 is 14.7 Å². The van der Waals surface area contributed by atoms with Crippen molar-refractivity contribution in [3.05, 3.63) is 64.5 Å². The number of benzene rings is 2. The number of aldehydes is 1. The summed E-state index contributed by atoms with van der Waals surface area (Å²) in [5, 5.41) is 12.9. The maximum Gasteiger partial charge on any atom is 0.352 e. The van der Waals surface area contributed by atoms with Crippen LogP contribution in [0.2, 0.25) is 0 Å². The number of carbonyl (C=O) groups is 2. The Labute approximate surface area is 156 Å². The number of anilines is 2. The standard InChI is InChI=1S/C18H13BrN4O3/c19-11-2-1-3-12(7-11)23-17-13-6-10(4-5-15(13)21-9-22-17)14(8-24)16(20)18(25)26/h1-9H,20H2,(H,25,26)(H,21,22,23)/b16-14-. The number of aromatic nitrogens is 2. The number of rotatable bonds is 5. The molecule has 0 radical (unpaired) electrons. The van der Waals surface area contributed by atoms with Gasteiger partial charge < -0.3 is 16.2 Å². The maximum absolute atomic E-state index is 11.3. The average Bonchev–Trinajstić information content (AvgIpc) is 2.62. The van der Waals surface area contributed by atoms with E-state index in [2.05, 4.69) is 31.2 Å². The van der Waals surface area contributed by atoms with Crippen LogP contribution >= 0.6 is 15.9 Å². The zero-order valence-corrected chi connectivity index (χ0v) is 14.9. The van der Waals surface area contributed by atoms with Crippen molar-refractivity contribution in [2.45, 2.75) is 0 Å². The first kappa shape index (κ1) is 17.6. The first-order valence-corrected chi connectivity index (χ1v) is 8.25. The molecule has 7 nitrogen and oxygen atoms in total. The van der Waals surface area contributed by atoms with E-state index in [1.807, 2.05) is 24.3 Å². The Kier molecular flexibility index (Phi) is 4.94. The number of halogens is 1. The lowest BCUT2D eigenvalue weighted by Crippen LogP contribution is -2.13. The number of hydrogen-bond acceptors (Lipinski definition) is 6. The van der Waals surface area contributed by atoms with E-state index in [4.69, 9.17) is 10.8 Å². The highest BCUT2D eigenvalue weighted by atomic mass is 79.9. The summed E-state index contributed by atoms with van der Waals surface area (Å²) in [6, 6.07) is 12.4. The fourth-order valence-electron chi connectivity index (χ4n) is 2.43. The first-order valence-electron chi connectivity index (χ1n) is 7.45. The number of fused-ring (bicyclic) bond motifs is 1. The molecule has 0 amide bonds. The molecular formula is C18H13BrN4O3. The molecule has 0 aliphatic rings. The van der Waals surface area contributed by atoms with Gasteiger partial charge in [0.2, 0.25) is 0 Å². The number of carboxylic acid groups (broad SMARTS) is 1. The van der Waals surface area contributed by atoms with Gasteiger partial charge in [-0.15, -0.1) is 0 Å². The third-order valence-electron chi connectivity index (χ3n) is 3.67. The zero-order valence-electron chi connectivity index (χ0n) is 13.3. The summed E-state index contributed by atoms with van der Waals surface area (Å²) in [5.74, 6) is -0.835. The molecule has 0 saturated heterocycles. The smallest absolute Gasteiger partial charge is 0.352 e. The lowest BCUT2D eigenvalue weighted by molar-refractivity contribution is -0.132. The average molecular weight is 413 g/mol. The molecule has 0 atom stereocenters. The van der Waals surface area contributed by atoms with Gasteiger partial charge in [0.05, 0.1) is 11.1 Å². The summed E-state index contributed by atoms with van der Waals surface area (Å²) in [6.45, 7) is 0. The maximum atomic E-state index is 11.3. The van der Waals surface area contributed by atoms with Gasteiger partial charge in [-0.2, -0.15) is 0 Å². The summed E-state index contributed by atoms with van der Waals surface area (Å²) < 4.78 is 0.905. The first-order chi connectivity index (χ1) is 12.5. The van der Waals surface area contributed by atoms with Crippen LogP contribution in [0, 0.1) is 0 Å². The number of nitrogens with two attached hydrogens (primary N) is 1. The van der Waals surface area contributed by atoms with Gasteiger partial charge >= 0.3 is 5.97 Å². The summed E-state index contributed by atoms with van der Waals surface area (Å²) in [4.78, 5) is 30.9. The molecule has 0 unspecified atom stereocenters. The summed E-state index contributed by atoms with van der Waals surface area (Å²) in [6.07, 6.45) is 1.85. The molecule has 0 bridgehead atoms. The highest BCUT2D eigenvalue weighted by Crippen LogP contribution is 2.27. The van der Waals surface area contributed by atoms with Crippen LogP contribution in [0.15, 0.2) is 59.0 Å². The summed E-state index contributed by atoms with van der Waals surface area (Å²) >= 11 is 3.41. The van der Waals surface area contributed by atoms with Crippen LogP contribution in [0.4, 0.5) is 11.5 Å². The fourth-order valence-corrected chi connectivity index (χ4v) is 2.83. The van der Waals surface area contributed by atoms with E-state index in [-0.39, 0.29) is 5.57 Å². The van der Waals surface area contributed by atoms with Crippen molar-refractivity contribution in [2.24, 2.45) is 5.73 Å². The highest BCUT2D eigenvalue weighted by Gasteiger charge is 2.14. The van der Waals surface area contributed by atoms with Gasteiger partial charge in [0.15, 0.2) is 6.29 Å². The van der Waals surface area contributed by atoms with Crippen LogP contribution < -0.4 is 11.1 Å². The number of nitrogens with one attached hydrogen (secondary N) is 1. The second-order valence-electron chi connectivity index (χ2n) is 5.34. The van der Waals surface area contributed by atoms with Crippen LogP contribution in [0.3, 0.4) is 0 Å². The minimum atomic E-state index is -1.36. The van der Waals surface area contributed by atoms with E-state index >= 15 is 0 Å². The van der Waals surface area contributed by atoms with Crippen molar-refractivity contribution in [1.82, 2.24) is 9.97 Å². The molecule has 1 aromatic heterocycles. The Morgan fingerprint density at radius 3 is 2.69 bits per heavy atom. The van der Waals surface area contributed by atoms with Crippen molar-refractivity contribution in [1.29, 1.82) is 0 Å². The van der Waals surface area contributed by atoms with Crippen LogP contribution in [-0.4, -0.2) is 27.3 Å². The van der Waals surface area contributed by atoms with Crippen LogP contribution in [0.5, 0.6) is 0 Å². The third-order valence-corrected chi connectivity index (χ3v) is 4.17.